The minimum atomic E-state index is -0.0387. The molecule has 0 spiro atoms. The molecule has 1 amide bonds. The molecule has 0 radical (unpaired) electrons. The van der Waals surface area contributed by atoms with Gasteiger partial charge >= 0.3 is 0 Å². The highest BCUT2D eigenvalue weighted by Gasteiger charge is 2.16. The largest absolute Gasteiger partial charge is 0.489 e. The molecule has 7 heteroatoms. The summed E-state index contributed by atoms with van der Waals surface area (Å²) in [5.74, 6) is 1.93. The lowest BCUT2D eigenvalue weighted by molar-refractivity contribution is -0.121. The Kier molecular flexibility index (Phi) is 5.48. The Hall–Kier alpha value is -2.21. The lowest BCUT2D eigenvalue weighted by Crippen LogP contribution is -2.23. The monoisotopic (exact) mass is 364 g/mol. The molecule has 25 heavy (non-hydrogen) atoms. The summed E-state index contributed by atoms with van der Waals surface area (Å²) >= 11 is 6.26. The van der Waals surface area contributed by atoms with E-state index in [1.54, 1.807) is 6.07 Å². The number of nitrogens with one attached hydrogen (secondary N) is 1. The van der Waals surface area contributed by atoms with E-state index in [0.717, 1.165) is 29.0 Å². The van der Waals surface area contributed by atoms with Gasteiger partial charge in [0.15, 0.2) is 11.5 Å². The zero-order chi connectivity index (χ0) is 17.8. The van der Waals surface area contributed by atoms with E-state index < -0.39 is 0 Å². The summed E-state index contributed by atoms with van der Waals surface area (Å²) in [5.41, 5.74) is 2.70. The van der Waals surface area contributed by atoms with Crippen molar-refractivity contribution in [3.63, 3.8) is 0 Å². The number of fused-ring (bicyclic) bond motifs is 1. The van der Waals surface area contributed by atoms with Crippen molar-refractivity contribution in [2.45, 2.75) is 39.7 Å². The van der Waals surface area contributed by atoms with Gasteiger partial charge in [0.1, 0.15) is 5.76 Å². The number of aromatic nitrogens is 1. The van der Waals surface area contributed by atoms with Gasteiger partial charge in [0.05, 0.1) is 23.9 Å². The summed E-state index contributed by atoms with van der Waals surface area (Å²) in [6.07, 6.45) is 1.80. The molecular weight excluding hydrogens is 344 g/mol. The third kappa shape index (κ3) is 4.25. The molecule has 0 aliphatic carbocycles. The number of aryl methyl sites for hydroxylation is 2. The maximum atomic E-state index is 12.1. The van der Waals surface area contributed by atoms with Crippen molar-refractivity contribution in [3.8, 4) is 11.5 Å². The van der Waals surface area contributed by atoms with Crippen LogP contribution in [0.3, 0.4) is 0 Å². The predicted molar refractivity (Wildman–Crippen MR) is 93.2 cm³/mol. The summed E-state index contributed by atoms with van der Waals surface area (Å²) in [6, 6.07) is 3.66. The fourth-order valence-electron chi connectivity index (χ4n) is 2.77. The topological polar surface area (TPSA) is 73.6 Å². The molecule has 0 saturated carbocycles. The van der Waals surface area contributed by atoms with Crippen molar-refractivity contribution >= 4 is 17.5 Å². The molecule has 1 N–H and O–H groups in total. The van der Waals surface area contributed by atoms with Crippen molar-refractivity contribution in [2.24, 2.45) is 0 Å². The van der Waals surface area contributed by atoms with Gasteiger partial charge in [-0.05, 0) is 38.0 Å². The van der Waals surface area contributed by atoms with Crippen LogP contribution in [0.4, 0.5) is 0 Å². The van der Waals surface area contributed by atoms with E-state index in [-0.39, 0.29) is 5.91 Å². The van der Waals surface area contributed by atoms with Crippen LogP contribution in [-0.4, -0.2) is 24.3 Å². The first-order valence-corrected chi connectivity index (χ1v) is 8.69. The summed E-state index contributed by atoms with van der Waals surface area (Å²) in [7, 11) is 0. The predicted octanol–water partition coefficient (Wildman–Crippen LogP) is 3.36. The molecule has 1 aliphatic rings. The van der Waals surface area contributed by atoms with E-state index in [9.17, 15) is 4.79 Å². The Morgan fingerprint density at radius 2 is 2.08 bits per heavy atom. The second-order valence-corrected chi connectivity index (χ2v) is 6.44. The van der Waals surface area contributed by atoms with Gasteiger partial charge in [-0.3, -0.25) is 4.79 Å². The first-order chi connectivity index (χ1) is 12.0. The van der Waals surface area contributed by atoms with Gasteiger partial charge in [0, 0.05) is 24.9 Å². The van der Waals surface area contributed by atoms with E-state index in [4.69, 9.17) is 25.6 Å². The van der Waals surface area contributed by atoms with Crippen LogP contribution >= 0.6 is 11.6 Å². The number of carbonyl (C=O) groups is 1. The number of hydrogen-bond donors (Lipinski definition) is 1. The highest BCUT2D eigenvalue weighted by Crippen LogP contribution is 2.37. The number of amides is 1. The van der Waals surface area contributed by atoms with Gasteiger partial charge in [-0.15, -0.1) is 0 Å². The van der Waals surface area contributed by atoms with Crippen molar-refractivity contribution in [3.05, 3.63) is 39.7 Å². The van der Waals surface area contributed by atoms with Gasteiger partial charge in [-0.25, -0.2) is 0 Å². The molecule has 1 aromatic heterocycles. The molecule has 0 saturated heterocycles. The molecular formula is C18H21ClN2O4. The molecule has 0 bridgehead atoms. The summed E-state index contributed by atoms with van der Waals surface area (Å²) < 4.78 is 16.4. The third-order valence-electron chi connectivity index (χ3n) is 4.13. The van der Waals surface area contributed by atoms with Gasteiger partial charge in [0.2, 0.25) is 5.91 Å². The van der Waals surface area contributed by atoms with Gasteiger partial charge in [-0.1, -0.05) is 16.8 Å². The Morgan fingerprint density at radius 1 is 1.28 bits per heavy atom. The Morgan fingerprint density at radius 3 is 2.84 bits per heavy atom. The molecule has 1 aromatic carbocycles. The maximum Gasteiger partial charge on any atom is 0.220 e. The number of carbonyl (C=O) groups excluding carboxylic acids is 1. The van der Waals surface area contributed by atoms with Gasteiger partial charge in [-0.2, -0.15) is 0 Å². The van der Waals surface area contributed by atoms with Crippen LogP contribution in [0.15, 0.2) is 16.7 Å². The SMILES string of the molecule is Cc1noc(C)c1CCC(=O)NCc1cc(Cl)c2c(c1)OCCCO2. The Labute approximate surface area is 151 Å². The minimum absolute atomic E-state index is 0.0387. The number of nitrogens with zero attached hydrogens (tertiary/aromatic N) is 1. The van der Waals surface area contributed by atoms with Crippen LogP contribution < -0.4 is 14.8 Å². The zero-order valence-corrected chi connectivity index (χ0v) is 15.1. The summed E-state index contributed by atoms with van der Waals surface area (Å²) in [5, 5.41) is 7.30. The smallest absolute Gasteiger partial charge is 0.220 e. The van der Waals surface area contributed by atoms with Crippen LogP contribution in [0.5, 0.6) is 11.5 Å². The summed E-state index contributed by atoms with van der Waals surface area (Å²) in [6.45, 7) is 5.30. The Balaban J connectivity index is 1.57. The highest BCUT2D eigenvalue weighted by molar-refractivity contribution is 6.32. The van der Waals surface area contributed by atoms with Crippen molar-refractivity contribution in [2.75, 3.05) is 13.2 Å². The molecule has 0 unspecified atom stereocenters. The molecule has 1 aliphatic heterocycles. The van der Waals surface area contributed by atoms with Crippen molar-refractivity contribution in [1.82, 2.24) is 10.5 Å². The standard InChI is InChI=1S/C18H21ClN2O4/c1-11-14(12(2)25-21-11)4-5-17(22)20-10-13-8-15(19)18-16(9-13)23-6-3-7-24-18/h8-9H,3-7,10H2,1-2H3,(H,20,22). The fourth-order valence-corrected chi connectivity index (χ4v) is 3.06. The maximum absolute atomic E-state index is 12.1. The second kappa shape index (κ2) is 7.78. The van der Waals surface area contributed by atoms with E-state index in [0.29, 0.717) is 49.1 Å². The van der Waals surface area contributed by atoms with Crippen LogP contribution in [0.2, 0.25) is 5.02 Å². The van der Waals surface area contributed by atoms with Crippen LogP contribution in [0, 0.1) is 13.8 Å². The summed E-state index contributed by atoms with van der Waals surface area (Å²) in [4.78, 5) is 12.1. The lowest BCUT2D eigenvalue weighted by Gasteiger charge is -2.12. The van der Waals surface area contributed by atoms with Gasteiger partial charge in [0.25, 0.3) is 0 Å². The minimum Gasteiger partial charge on any atom is -0.489 e. The first-order valence-electron chi connectivity index (χ1n) is 8.31. The number of rotatable bonds is 5. The number of hydrogen-bond acceptors (Lipinski definition) is 5. The van der Waals surface area contributed by atoms with Crippen LogP contribution in [0.25, 0.3) is 0 Å². The Bertz CT molecular complexity index is 753. The van der Waals surface area contributed by atoms with E-state index in [2.05, 4.69) is 10.5 Å². The molecule has 134 valence electrons. The number of ether oxygens (including phenoxy) is 2. The fraction of sp³-hybridized carbons (Fsp3) is 0.444. The highest BCUT2D eigenvalue weighted by atomic mass is 35.5. The number of halogens is 1. The normalized spacial score (nSPS) is 13.4. The molecule has 3 rings (SSSR count). The second-order valence-electron chi connectivity index (χ2n) is 6.03. The van der Waals surface area contributed by atoms with Crippen molar-refractivity contribution in [1.29, 1.82) is 0 Å². The molecule has 0 atom stereocenters. The third-order valence-corrected chi connectivity index (χ3v) is 4.42. The molecule has 6 nitrogen and oxygen atoms in total. The van der Waals surface area contributed by atoms with Crippen molar-refractivity contribution < 1.29 is 18.8 Å². The number of benzene rings is 1. The average molecular weight is 365 g/mol. The first kappa shape index (κ1) is 17.6. The van der Waals surface area contributed by atoms with Crippen LogP contribution in [-0.2, 0) is 17.8 Å². The molecule has 2 heterocycles. The van der Waals surface area contributed by atoms with E-state index >= 15 is 0 Å². The quantitative estimate of drug-likeness (QED) is 0.880. The van der Waals surface area contributed by atoms with E-state index in [1.165, 1.54) is 0 Å². The average Bonchev–Trinajstić information content (AvgIpc) is 2.78. The molecule has 2 aromatic rings. The zero-order valence-electron chi connectivity index (χ0n) is 14.4. The van der Waals surface area contributed by atoms with E-state index in [1.807, 2.05) is 19.9 Å². The lowest BCUT2D eigenvalue weighted by atomic mass is 10.1. The van der Waals surface area contributed by atoms with Gasteiger partial charge < -0.3 is 19.3 Å². The molecule has 0 fully saturated rings. The van der Waals surface area contributed by atoms with Crippen LogP contribution in [0.1, 0.15) is 35.4 Å².